The zero-order valence-corrected chi connectivity index (χ0v) is 14.8. The van der Waals surface area contributed by atoms with Gasteiger partial charge in [-0.3, -0.25) is 19.8 Å². The lowest BCUT2D eigenvalue weighted by Gasteiger charge is -2.14. The van der Waals surface area contributed by atoms with Gasteiger partial charge >= 0.3 is 5.69 Å². The standard InChI is InChI=1S/C16H9ClN2O4S2/c17-10-2-4-11(5-3-10)18-15(21)14(25-16(18)24)8-9-1-6-13(20)12(7-9)19(22)23/h1-8,20H/b14-8+. The largest absolute Gasteiger partial charge is 0.502 e. The van der Waals surface area contributed by atoms with Crippen LogP contribution in [0.3, 0.4) is 0 Å². The average Bonchev–Trinajstić information content (AvgIpc) is 2.84. The first kappa shape index (κ1) is 17.4. The Balaban J connectivity index is 1.94. The molecule has 0 radical (unpaired) electrons. The molecular weight excluding hydrogens is 384 g/mol. The smallest absolute Gasteiger partial charge is 0.311 e. The number of thioether (sulfide) groups is 1. The third kappa shape index (κ3) is 3.51. The number of amides is 1. The van der Waals surface area contributed by atoms with Crippen molar-refractivity contribution in [1.82, 2.24) is 0 Å². The summed E-state index contributed by atoms with van der Waals surface area (Å²) in [7, 11) is 0. The van der Waals surface area contributed by atoms with E-state index >= 15 is 0 Å². The van der Waals surface area contributed by atoms with Gasteiger partial charge in [0.1, 0.15) is 0 Å². The minimum absolute atomic E-state index is 0.326. The lowest BCUT2D eigenvalue weighted by atomic mass is 10.1. The maximum absolute atomic E-state index is 12.6. The first-order chi connectivity index (χ1) is 11.9. The van der Waals surface area contributed by atoms with Gasteiger partial charge in [0.05, 0.1) is 15.5 Å². The topological polar surface area (TPSA) is 83.7 Å². The van der Waals surface area contributed by atoms with Crippen molar-refractivity contribution in [2.75, 3.05) is 4.90 Å². The highest BCUT2D eigenvalue weighted by Gasteiger charge is 2.33. The van der Waals surface area contributed by atoms with Gasteiger partial charge in [-0.25, -0.2) is 0 Å². The van der Waals surface area contributed by atoms with E-state index in [2.05, 4.69) is 0 Å². The molecule has 9 heteroatoms. The van der Waals surface area contributed by atoms with Gasteiger partial charge in [-0.2, -0.15) is 0 Å². The number of carbonyl (C=O) groups excluding carboxylic acids is 1. The Kier molecular flexibility index (Phi) is 4.76. The molecule has 0 aliphatic carbocycles. The van der Waals surface area contributed by atoms with E-state index in [0.29, 0.717) is 25.5 Å². The van der Waals surface area contributed by atoms with E-state index in [-0.39, 0.29) is 5.91 Å². The second-order valence-electron chi connectivity index (χ2n) is 5.00. The van der Waals surface area contributed by atoms with E-state index in [1.54, 1.807) is 24.3 Å². The maximum atomic E-state index is 12.6. The van der Waals surface area contributed by atoms with Gasteiger partial charge in [0.15, 0.2) is 10.1 Å². The molecule has 0 saturated carbocycles. The molecule has 0 aromatic heterocycles. The van der Waals surface area contributed by atoms with E-state index in [4.69, 9.17) is 23.8 Å². The number of hydrogen-bond donors (Lipinski definition) is 1. The van der Waals surface area contributed by atoms with Crippen molar-refractivity contribution < 1.29 is 14.8 Å². The monoisotopic (exact) mass is 392 g/mol. The summed E-state index contributed by atoms with van der Waals surface area (Å²) < 4.78 is 0.354. The van der Waals surface area contributed by atoms with Gasteiger partial charge in [0, 0.05) is 11.1 Å². The van der Waals surface area contributed by atoms with Crippen LogP contribution in [0.1, 0.15) is 5.56 Å². The molecular formula is C16H9ClN2O4S2. The molecule has 2 aromatic carbocycles. The van der Waals surface area contributed by atoms with Gasteiger partial charge in [0.2, 0.25) is 0 Å². The Labute approximate surface area is 156 Å². The predicted octanol–water partition coefficient (Wildman–Crippen LogP) is 4.36. The number of halogens is 1. The minimum atomic E-state index is -0.689. The summed E-state index contributed by atoms with van der Waals surface area (Å²) >= 11 is 12.2. The van der Waals surface area contributed by atoms with E-state index < -0.39 is 16.4 Å². The number of phenols is 1. The molecule has 0 spiro atoms. The number of nitrogens with zero attached hydrogens (tertiary/aromatic N) is 2. The van der Waals surface area contributed by atoms with E-state index in [9.17, 15) is 20.0 Å². The predicted molar refractivity (Wildman–Crippen MR) is 102 cm³/mol. The van der Waals surface area contributed by atoms with Gasteiger partial charge in [0.25, 0.3) is 5.91 Å². The van der Waals surface area contributed by atoms with Crippen molar-refractivity contribution in [3.8, 4) is 5.75 Å². The fourth-order valence-corrected chi connectivity index (χ4v) is 3.63. The zero-order valence-electron chi connectivity index (χ0n) is 12.4. The normalized spacial score (nSPS) is 15.9. The molecule has 6 nitrogen and oxygen atoms in total. The fraction of sp³-hybridized carbons (Fsp3) is 0. The number of nitro benzene ring substituents is 1. The van der Waals surface area contributed by atoms with Crippen molar-refractivity contribution in [2.24, 2.45) is 0 Å². The third-order valence-corrected chi connectivity index (χ3v) is 4.93. The molecule has 0 unspecified atom stereocenters. The summed E-state index contributed by atoms with van der Waals surface area (Å²) in [4.78, 5) is 24.5. The molecule has 3 rings (SSSR count). The summed E-state index contributed by atoms with van der Waals surface area (Å²) in [6.07, 6.45) is 1.50. The summed E-state index contributed by atoms with van der Waals surface area (Å²) in [5.41, 5.74) is 0.579. The molecule has 1 aliphatic heterocycles. The number of thiocarbonyl (C=S) groups is 1. The average molecular weight is 393 g/mol. The summed E-state index contributed by atoms with van der Waals surface area (Å²) in [5, 5.41) is 20.9. The number of benzene rings is 2. The van der Waals surface area contributed by atoms with Crippen molar-refractivity contribution in [3.05, 3.63) is 68.1 Å². The van der Waals surface area contributed by atoms with Gasteiger partial charge in [-0.1, -0.05) is 41.6 Å². The van der Waals surface area contributed by atoms with Crippen LogP contribution < -0.4 is 4.90 Å². The highest BCUT2D eigenvalue weighted by molar-refractivity contribution is 8.27. The molecule has 1 amide bonds. The Morgan fingerprint density at radius 3 is 2.56 bits per heavy atom. The molecule has 126 valence electrons. The van der Waals surface area contributed by atoms with Crippen molar-refractivity contribution in [2.45, 2.75) is 0 Å². The number of hydrogen-bond acceptors (Lipinski definition) is 6. The summed E-state index contributed by atoms with van der Waals surface area (Å²) in [6, 6.07) is 10.6. The second-order valence-corrected chi connectivity index (χ2v) is 7.11. The van der Waals surface area contributed by atoms with Crippen molar-refractivity contribution in [1.29, 1.82) is 0 Å². The number of rotatable bonds is 3. The maximum Gasteiger partial charge on any atom is 0.311 e. The van der Waals surface area contributed by atoms with Crippen LogP contribution in [-0.4, -0.2) is 20.3 Å². The molecule has 1 N–H and O–H groups in total. The summed E-state index contributed by atoms with van der Waals surface area (Å²) in [6.45, 7) is 0. The van der Waals surface area contributed by atoms with Crippen LogP contribution in [0.5, 0.6) is 5.75 Å². The van der Waals surface area contributed by atoms with Crippen LogP contribution in [0.2, 0.25) is 5.02 Å². The lowest BCUT2D eigenvalue weighted by Crippen LogP contribution is -2.27. The molecule has 1 aliphatic rings. The van der Waals surface area contributed by atoms with Crippen LogP contribution in [0, 0.1) is 10.1 Å². The van der Waals surface area contributed by atoms with E-state index in [1.165, 1.54) is 29.2 Å². The van der Waals surface area contributed by atoms with Crippen molar-refractivity contribution >= 4 is 63.3 Å². The minimum Gasteiger partial charge on any atom is -0.502 e. The Bertz CT molecular complexity index is 928. The SMILES string of the molecule is O=C1/C(=C\c2ccc(O)c([N+](=O)[O-])c2)SC(=S)N1c1ccc(Cl)cc1. The molecule has 0 bridgehead atoms. The zero-order chi connectivity index (χ0) is 18.1. The number of nitro groups is 1. The van der Waals surface area contributed by atoms with E-state index in [1.807, 2.05) is 0 Å². The van der Waals surface area contributed by atoms with Crippen LogP contribution in [0.4, 0.5) is 11.4 Å². The number of carbonyl (C=O) groups is 1. The highest BCUT2D eigenvalue weighted by Crippen LogP contribution is 2.37. The van der Waals surface area contributed by atoms with Crippen LogP contribution >= 0.6 is 35.6 Å². The first-order valence-electron chi connectivity index (χ1n) is 6.88. The molecule has 1 fully saturated rings. The lowest BCUT2D eigenvalue weighted by molar-refractivity contribution is -0.385. The fourth-order valence-electron chi connectivity index (χ4n) is 2.21. The molecule has 25 heavy (non-hydrogen) atoms. The molecule has 1 heterocycles. The number of aromatic hydroxyl groups is 1. The Morgan fingerprint density at radius 1 is 1.24 bits per heavy atom. The van der Waals surface area contributed by atoms with Gasteiger partial charge in [-0.15, -0.1) is 0 Å². The molecule has 0 atom stereocenters. The summed E-state index contributed by atoms with van der Waals surface area (Å²) in [5.74, 6) is -0.760. The van der Waals surface area contributed by atoms with Crippen LogP contribution in [0.25, 0.3) is 6.08 Å². The van der Waals surface area contributed by atoms with Crippen molar-refractivity contribution in [3.63, 3.8) is 0 Å². The van der Waals surface area contributed by atoms with Crippen LogP contribution in [-0.2, 0) is 4.79 Å². The Morgan fingerprint density at radius 2 is 1.92 bits per heavy atom. The van der Waals surface area contributed by atoms with E-state index in [0.717, 1.165) is 11.8 Å². The second kappa shape index (κ2) is 6.83. The van der Waals surface area contributed by atoms with Gasteiger partial charge < -0.3 is 5.11 Å². The third-order valence-electron chi connectivity index (χ3n) is 3.37. The number of phenolic OH excluding ortho intramolecular Hbond substituents is 1. The quantitative estimate of drug-likeness (QED) is 0.361. The van der Waals surface area contributed by atoms with Crippen LogP contribution in [0.15, 0.2) is 47.4 Å². The Hall–Kier alpha value is -2.42. The number of anilines is 1. The highest BCUT2D eigenvalue weighted by atomic mass is 35.5. The molecule has 2 aromatic rings. The first-order valence-corrected chi connectivity index (χ1v) is 8.48. The molecule has 1 saturated heterocycles. The van der Waals surface area contributed by atoms with Gasteiger partial charge in [-0.05, 0) is 42.0 Å².